The third-order valence-electron chi connectivity index (χ3n) is 3.53. The third kappa shape index (κ3) is 1.78. The lowest BCUT2D eigenvalue weighted by Crippen LogP contribution is -2.33. The summed E-state index contributed by atoms with van der Waals surface area (Å²) in [6, 6.07) is 0. The van der Waals surface area contributed by atoms with Gasteiger partial charge in [-0.05, 0) is 6.92 Å². The molecule has 2 aromatic heterocycles. The number of fused-ring (bicyclic) bond motifs is 1. The van der Waals surface area contributed by atoms with Gasteiger partial charge < -0.3 is 20.1 Å². The first kappa shape index (κ1) is 13.0. The first-order valence-corrected chi connectivity index (χ1v) is 6.04. The van der Waals surface area contributed by atoms with Crippen LogP contribution in [-0.4, -0.2) is 43.7 Å². The number of anilines is 1. The Labute approximate surface area is 112 Å². The molecule has 0 bridgehead atoms. The summed E-state index contributed by atoms with van der Waals surface area (Å²) < 4.78 is 20.7. The molecule has 0 spiro atoms. The Morgan fingerprint density at radius 3 is 3.10 bits per heavy atom. The number of nitrogens with two attached hydrogens (primary N) is 1. The Hall–Kier alpha value is -2.00. The average Bonchev–Trinajstić information content (AvgIpc) is 2.93. The molecule has 9 heteroatoms. The minimum Gasteiger partial charge on any atom is -0.390 e. The predicted octanol–water partition coefficient (Wildman–Crippen LogP) is -0.505. The van der Waals surface area contributed by atoms with Crippen LogP contribution in [0.5, 0.6) is 0 Å². The van der Waals surface area contributed by atoms with Crippen molar-refractivity contribution in [2.24, 2.45) is 0 Å². The maximum absolute atomic E-state index is 14.1. The molecule has 0 aliphatic carbocycles. The van der Waals surface area contributed by atoms with Crippen LogP contribution in [0.25, 0.3) is 11.2 Å². The fraction of sp³-hybridized carbons (Fsp3) is 0.545. The van der Waals surface area contributed by atoms with Gasteiger partial charge in [0.1, 0.15) is 6.61 Å². The van der Waals surface area contributed by atoms with E-state index in [-0.39, 0.29) is 30.1 Å². The summed E-state index contributed by atoms with van der Waals surface area (Å²) in [5.41, 5.74) is 4.65. The smallest absolute Gasteiger partial charge is 0.280 e. The van der Waals surface area contributed by atoms with Crippen molar-refractivity contribution in [3.63, 3.8) is 0 Å². The highest BCUT2D eigenvalue weighted by molar-refractivity contribution is 5.70. The molecular weight excluding hydrogens is 269 g/mol. The standard InChI is InChI=1S/C11H14FN5O3/c1-10(2-11(12,3-18)20-4-10)17-5-14-6-7(17)15-9(13)16-8(6)19/h5,18H,2-4H2,1H3,(H3,13,15,16,19)/t10-,11-/m0/s1. The summed E-state index contributed by atoms with van der Waals surface area (Å²) in [6.45, 7) is 1.04. The van der Waals surface area contributed by atoms with E-state index < -0.39 is 23.6 Å². The highest BCUT2D eigenvalue weighted by Gasteiger charge is 2.49. The topological polar surface area (TPSA) is 119 Å². The molecule has 1 fully saturated rings. The van der Waals surface area contributed by atoms with Gasteiger partial charge in [0.05, 0.1) is 18.5 Å². The Kier molecular flexibility index (Phi) is 2.60. The highest BCUT2D eigenvalue weighted by Crippen LogP contribution is 2.39. The zero-order valence-electron chi connectivity index (χ0n) is 10.8. The van der Waals surface area contributed by atoms with Crippen LogP contribution in [0.2, 0.25) is 0 Å². The van der Waals surface area contributed by atoms with Crippen molar-refractivity contribution in [1.29, 1.82) is 0 Å². The van der Waals surface area contributed by atoms with Crippen molar-refractivity contribution in [1.82, 2.24) is 19.5 Å². The van der Waals surface area contributed by atoms with Gasteiger partial charge in [-0.15, -0.1) is 0 Å². The highest BCUT2D eigenvalue weighted by atomic mass is 19.2. The minimum atomic E-state index is -2.10. The van der Waals surface area contributed by atoms with E-state index >= 15 is 0 Å². The van der Waals surface area contributed by atoms with Gasteiger partial charge in [-0.2, -0.15) is 4.98 Å². The molecule has 20 heavy (non-hydrogen) atoms. The van der Waals surface area contributed by atoms with Gasteiger partial charge in [0, 0.05) is 6.42 Å². The number of halogens is 1. The largest absolute Gasteiger partial charge is 0.390 e. The number of rotatable bonds is 2. The van der Waals surface area contributed by atoms with Crippen molar-refractivity contribution in [3.8, 4) is 0 Å². The molecule has 4 N–H and O–H groups in total. The van der Waals surface area contributed by atoms with Crippen LogP contribution in [0, 0.1) is 0 Å². The quantitative estimate of drug-likeness (QED) is 0.683. The van der Waals surface area contributed by atoms with E-state index in [4.69, 9.17) is 15.6 Å². The van der Waals surface area contributed by atoms with Crippen LogP contribution in [-0.2, 0) is 10.3 Å². The summed E-state index contributed by atoms with van der Waals surface area (Å²) in [4.78, 5) is 22.1. The number of aliphatic hydroxyl groups excluding tert-OH is 1. The van der Waals surface area contributed by atoms with E-state index in [1.54, 1.807) is 11.5 Å². The molecule has 1 aliphatic rings. The normalized spacial score (nSPS) is 30.1. The SMILES string of the molecule is C[C@@]1(n2cnc3c(=O)[nH]c(N)nc32)CO[C@](F)(CO)C1. The molecule has 2 atom stereocenters. The van der Waals surface area contributed by atoms with Gasteiger partial charge in [0.25, 0.3) is 5.56 Å². The number of nitrogens with zero attached hydrogens (tertiary/aromatic N) is 3. The molecule has 0 aromatic carbocycles. The average molecular weight is 283 g/mol. The molecule has 1 aliphatic heterocycles. The molecule has 108 valence electrons. The van der Waals surface area contributed by atoms with Crippen LogP contribution in [0.4, 0.5) is 10.3 Å². The second-order valence-corrected chi connectivity index (χ2v) is 5.24. The summed E-state index contributed by atoms with van der Waals surface area (Å²) in [6.07, 6.45) is 1.33. The first-order valence-electron chi connectivity index (χ1n) is 6.04. The van der Waals surface area contributed by atoms with Gasteiger partial charge in [-0.3, -0.25) is 9.78 Å². The third-order valence-corrected chi connectivity index (χ3v) is 3.53. The van der Waals surface area contributed by atoms with Crippen LogP contribution in [0.3, 0.4) is 0 Å². The van der Waals surface area contributed by atoms with Crippen LogP contribution in [0.15, 0.2) is 11.1 Å². The molecule has 0 amide bonds. The molecule has 1 saturated heterocycles. The van der Waals surface area contributed by atoms with Crippen molar-refractivity contribution in [2.45, 2.75) is 24.7 Å². The van der Waals surface area contributed by atoms with Crippen molar-refractivity contribution < 1.29 is 14.2 Å². The monoisotopic (exact) mass is 283 g/mol. The lowest BCUT2D eigenvalue weighted by molar-refractivity contribution is -0.135. The van der Waals surface area contributed by atoms with E-state index in [0.717, 1.165) is 0 Å². The number of hydrogen-bond acceptors (Lipinski definition) is 6. The maximum atomic E-state index is 14.1. The fourth-order valence-corrected chi connectivity index (χ4v) is 2.53. The maximum Gasteiger partial charge on any atom is 0.280 e. The molecule has 0 saturated carbocycles. The Balaban J connectivity index is 2.14. The summed E-state index contributed by atoms with van der Waals surface area (Å²) in [5.74, 6) is -2.14. The number of aromatic nitrogens is 4. The van der Waals surface area contributed by atoms with Gasteiger partial charge in [0.15, 0.2) is 11.2 Å². The van der Waals surface area contributed by atoms with E-state index in [9.17, 15) is 9.18 Å². The second kappa shape index (κ2) is 4.00. The van der Waals surface area contributed by atoms with Crippen molar-refractivity contribution in [2.75, 3.05) is 18.9 Å². The van der Waals surface area contributed by atoms with Gasteiger partial charge >= 0.3 is 0 Å². The minimum absolute atomic E-state index is 0.0317. The van der Waals surface area contributed by atoms with Gasteiger partial charge in [0.2, 0.25) is 11.8 Å². The molecule has 3 heterocycles. The van der Waals surface area contributed by atoms with Crippen LogP contribution >= 0.6 is 0 Å². The van der Waals surface area contributed by atoms with Crippen molar-refractivity contribution in [3.05, 3.63) is 16.7 Å². The lowest BCUT2D eigenvalue weighted by Gasteiger charge is -2.25. The van der Waals surface area contributed by atoms with Gasteiger partial charge in [-0.1, -0.05) is 0 Å². The summed E-state index contributed by atoms with van der Waals surface area (Å²) >= 11 is 0. The number of H-pyrrole nitrogens is 1. The number of nitrogens with one attached hydrogen (secondary N) is 1. The van der Waals surface area contributed by atoms with E-state index in [1.807, 2.05) is 0 Å². The Morgan fingerprint density at radius 1 is 1.70 bits per heavy atom. The van der Waals surface area contributed by atoms with E-state index in [2.05, 4.69) is 15.0 Å². The predicted molar refractivity (Wildman–Crippen MR) is 67.7 cm³/mol. The van der Waals surface area contributed by atoms with E-state index in [1.165, 1.54) is 6.33 Å². The number of imidazole rings is 1. The zero-order valence-corrected chi connectivity index (χ0v) is 10.8. The number of alkyl halides is 1. The fourth-order valence-electron chi connectivity index (χ4n) is 2.53. The number of nitrogen functional groups attached to an aromatic ring is 1. The second-order valence-electron chi connectivity index (χ2n) is 5.24. The molecule has 0 radical (unpaired) electrons. The van der Waals surface area contributed by atoms with Crippen LogP contribution < -0.4 is 11.3 Å². The number of aliphatic hydroxyl groups is 1. The molecule has 0 unspecified atom stereocenters. The molecular formula is C11H14FN5O3. The van der Waals surface area contributed by atoms with E-state index in [0.29, 0.717) is 0 Å². The summed E-state index contributed by atoms with van der Waals surface area (Å²) in [7, 11) is 0. The van der Waals surface area contributed by atoms with Crippen molar-refractivity contribution >= 4 is 17.1 Å². The van der Waals surface area contributed by atoms with Gasteiger partial charge in [-0.25, -0.2) is 9.37 Å². The number of aromatic amines is 1. The number of hydrogen-bond donors (Lipinski definition) is 3. The molecule has 8 nitrogen and oxygen atoms in total. The number of ether oxygens (including phenoxy) is 1. The molecule has 2 aromatic rings. The summed E-state index contributed by atoms with van der Waals surface area (Å²) in [5, 5.41) is 9.04. The Morgan fingerprint density at radius 2 is 2.45 bits per heavy atom. The first-order chi connectivity index (χ1) is 9.37. The Bertz CT molecular complexity index is 728. The zero-order chi connectivity index (χ0) is 14.5. The lowest BCUT2D eigenvalue weighted by atomic mass is 9.97. The van der Waals surface area contributed by atoms with Crippen LogP contribution in [0.1, 0.15) is 13.3 Å². The molecule has 3 rings (SSSR count).